The van der Waals surface area contributed by atoms with E-state index in [2.05, 4.69) is 37.3 Å². The Morgan fingerprint density at radius 2 is 2.00 bits per heavy atom. The normalized spacial score (nSPS) is 15.1. The Hall–Kier alpha value is -2.77. The average molecular weight is 415 g/mol. The molecule has 0 saturated carbocycles. The van der Waals surface area contributed by atoms with E-state index in [1.54, 1.807) is 7.11 Å². The zero-order chi connectivity index (χ0) is 21.2. The highest BCUT2D eigenvalue weighted by Gasteiger charge is 2.14. The van der Waals surface area contributed by atoms with E-state index in [0.717, 1.165) is 61.6 Å². The first-order valence-corrected chi connectivity index (χ1v) is 10.9. The van der Waals surface area contributed by atoms with Gasteiger partial charge in [0.1, 0.15) is 17.8 Å². The molecule has 30 heavy (non-hydrogen) atoms. The summed E-state index contributed by atoms with van der Waals surface area (Å²) in [6.07, 6.45) is 5.47. The van der Waals surface area contributed by atoms with E-state index in [4.69, 9.17) is 9.47 Å². The van der Waals surface area contributed by atoms with Gasteiger partial charge in [0.25, 0.3) is 0 Å². The molecule has 1 aliphatic rings. The van der Waals surface area contributed by atoms with Crippen molar-refractivity contribution in [1.82, 2.24) is 25.4 Å². The highest BCUT2D eigenvalue weighted by atomic mass is 16.5. The lowest BCUT2D eigenvalue weighted by molar-refractivity contribution is 0.219. The summed E-state index contributed by atoms with van der Waals surface area (Å²) in [5.74, 6) is 4.43. The first-order chi connectivity index (χ1) is 14.7. The van der Waals surface area contributed by atoms with E-state index in [1.807, 2.05) is 31.2 Å². The predicted molar refractivity (Wildman–Crippen MR) is 118 cm³/mol. The number of ether oxygens (including phenoxy) is 2. The third-order valence-electron chi connectivity index (χ3n) is 5.08. The average Bonchev–Trinajstić information content (AvgIpc) is 2.98. The van der Waals surface area contributed by atoms with Crippen LogP contribution in [-0.4, -0.2) is 53.6 Å². The molecule has 0 aliphatic carbocycles. The topological polar surface area (TPSA) is 85.6 Å². The fourth-order valence-electron chi connectivity index (χ4n) is 3.55. The van der Waals surface area contributed by atoms with Crippen LogP contribution < -0.4 is 20.1 Å². The smallest absolute Gasteiger partial charge is 0.191 e. The zero-order valence-corrected chi connectivity index (χ0v) is 18.4. The SMILES string of the molecule is CCNC(=NCC(C)Oc1ccccc1OC)NCCc1nnc2n1CCCCC2. The molecule has 8 nitrogen and oxygen atoms in total. The van der Waals surface area contributed by atoms with Gasteiger partial charge >= 0.3 is 0 Å². The standard InChI is InChI=1S/C22H34N6O2/c1-4-23-22(25-16-17(2)30-19-11-8-7-10-18(19)29-3)24-14-13-21-27-26-20-12-6-5-9-15-28(20)21/h7-8,10-11,17H,4-6,9,12-16H2,1-3H3,(H2,23,24,25). The highest BCUT2D eigenvalue weighted by Crippen LogP contribution is 2.26. The predicted octanol–water partition coefficient (Wildman–Crippen LogP) is 2.58. The van der Waals surface area contributed by atoms with Crippen molar-refractivity contribution in [3.05, 3.63) is 35.9 Å². The first kappa shape index (κ1) is 21.9. The summed E-state index contributed by atoms with van der Waals surface area (Å²) in [4.78, 5) is 4.67. The minimum Gasteiger partial charge on any atom is -0.493 e. The number of guanidine groups is 1. The highest BCUT2D eigenvalue weighted by molar-refractivity contribution is 5.79. The molecule has 1 aromatic heterocycles. The van der Waals surface area contributed by atoms with Gasteiger partial charge in [-0.2, -0.15) is 0 Å². The summed E-state index contributed by atoms with van der Waals surface area (Å²) in [5, 5.41) is 15.5. The summed E-state index contributed by atoms with van der Waals surface area (Å²) in [6, 6.07) is 7.66. The summed E-state index contributed by atoms with van der Waals surface area (Å²) in [5.41, 5.74) is 0. The lowest BCUT2D eigenvalue weighted by Gasteiger charge is -2.16. The van der Waals surface area contributed by atoms with Crippen LogP contribution in [0.4, 0.5) is 0 Å². The number of nitrogens with one attached hydrogen (secondary N) is 2. The lowest BCUT2D eigenvalue weighted by Crippen LogP contribution is -2.39. The molecule has 0 saturated heterocycles. The number of aromatic nitrogens is 3. The quantitative estimate of drug-likeness (QED) is 0.485. The second-order valence-electron chi connectivity index (χ2n) is 7.47. The number of aryl methyl sites for hydroxylation is 1. The number of benzene rings is 1. The van der Waals surface area contributed by atoms with Crippen molar-refractivity contribution in [1.29, 1.82) is 0 Å². The number of para-hydroxylation sites is 2. The zero-order valence-electron chi connectivity index (χ0n) is 18.4. The Kier molecular flexibility index (Phi) is 8.35. The van der Waals surface area contributed by atoms with Gasteiger partial charge in [-0.3, -0.25) is 0 Å². The van der Waals surface area contributed by atoms with E-state index in [9.17, 15) is 0 Å². The number of nitrogens with zero attached hydrogens (tertiary/aromatic N) is 4. The number of methoxy groups -OCH3 is 1. The van der Waals surface area contributed by atoms with Gasteiger partial charge in [0.05, 0.1) is 13.7 Å². The van der Waals surface area contributed by atoms with Gasteiger partial charge in [-0.15, -0.1) is 10.2 Å². The van der Waals surface area contributed by atoms with Gasteiger partial charge in [0.2, 0.25) is 0 Å². The Balaban J connectivity index is 1.51. The Labute approximate surface area is 179 Å². The maximum atomic E-state index is 5.99. The molecule has 1 atom stereocenters. The molecule has 0 amide bonds. The van der Waals surface area contributed by atoms with E-state index in [1.165, 1.54) is 19.3 Å². The molecule has 2 N–H and O–H groups in total. The van der Waals surface area contributed by atoms with Crippen molar-refractivity contribution in [2.24, 2.45) is 4.99 Å². The van der Waals surface area contributed by atoms with Crippen LogP contribution in [0.2, 0.25) is 0 Å². The number of fused-ring (bicyclic) bond motifs is 1. The van der Waals surface area contributed by atoms with Crippen molar-refractivity contribution < 1.29 is 9.47 Å². The largest absolute Gasteiger partial charge is 0.493 e. The fraction of sp³-hybridized carbons (Fsp3) is 0.591. The molecule has 0 spiro atoms. The van der Waals surface area contributed by atoms with E-state index < -0.39 is 0 Å². The molecule has 1 aliphatic heterocycles. The van der Waals surface area contributed by atoms with Crippen LogP contribution in [0.3, 0.4) is 0 Å². The van der Waals surface area contributed by atoms with Gasteiger partial charge in [-0.05, 0) is 38.8 Å². The van der Waals surface area contributed by atoms with Gasteiger partial charge in [-0.1, -0.05) is 18.6 Å². The second-order valence-corrected chi connectivity index (χ2v) is 7.47. The van der Waals surface area contributed by atoms with E-state index in [0.29, 0.717) is 6.54 Å². The van der Waals surface area contributed by atoms with Crippen LogP contribution in [0.25, 0.3) is 0 Å². The van der Waals surface area contributed by atoms with E-state index >= 15 is 0 Å². The van der Waals surface area contributed by atoms with Crippen molar-refractivity contribution >= 4 is 5.96 Å². The lowest BCUT2D eigenvalue weighted by atomic mass is 10.2. The molecule has 8 heteroatoms. The van der Waals surface area contributed by atoms with Crippen LogP contribution in [0, 0.1) is 0 Å². The molecule has 0 radical (unpaired) electrons. The number of rotatable bonds is 9. The molecular formula is C22H34N6O2. The number of hydrogen-bond donors (Lipinski definition) is 2. The summed E-state index contributed by atoms with van der Waals surface area (Å²) in [7, 11) is 1.65. The third-order valence-corrected chi connectivity index (χ3v) is 5.08. The molecule has 1 unspecified atom stereocenters. The van der Waals surface area contributed by atoms with Crippen LogP contribution in [0.1, 0.15) is 44.8 Å². The van der Waals surface area contributed by atoms with Crippen LogP contribution in [0.5, 0.6) is 11.5 Å². The summed E-state index contributed by atoms with van der Waals surface area (Å²) in [6.45, 7) is 7.19. The van der Waals surface area contributed by atoms with Crippen molar-refractivity contribution in [3.63, 3.8) is 0 Å². The summed E-state index contributed by atoms with van der Waals surface area (Å²) < 4.78 is 13.6. The molecule has 0 bridgehead atoms. The molecule has 1 aromatic carbocycles. The second kappa shape index (κ2) is 11.4. The van der Waals surface area contributed by atoms with Crippen molar-refractivity contribution in [3.8, 4) is 11.5 Å². The number of aliphatic imine (C=N–C) groups is 1. The van der Waals surface area contributed by atoms with E-state index in [-0.39, 0.29) is 6.10 Å². The van der Waals surface area contributed by atoms with Crippen LogP contribution >= 0.6 is 0 Å². The molecule has 2 aromatic rings. The maximum absolute atomic E-state index is 5.99. The van der Waals surface area contributed by atoms with Crippen molar-refractivity contribution in [2.45, 2.75) is 58.6 Å². The Morgan fingerprint density at radius 3 is 2.80 bits per heavy atom. The van der Waals surface area contributed by atoms with Crippen LogP contribution in [0.15, 0.2) is 29.3 Å². The monoisotopic (exact) mass is 414 g/mol. The maximum Gasteiger partial charge on any atom is 0.191 e. The minimum absolute atomic E-state index is 0.0796. The minimum atomic E-state index is -0.0796. The Bertz CT molecular complexity index is 820. The molecular weight excluding hydrogens is 380 g/mol. The first-order valence-electron chi connectivity index (χ1n) is 10.9. The fourth-order valence-corrected chi connectivity index (χ4v) is 3.55. The molecule has 3 rings (SSSR count). The van der Waals surface area contributed by atoms with Gasteiger partial charge < -0.3 is 24.7 Å². The van der Waals surface area contributed by atoms with Crippen LogP contribution in [-0.2, 0) is 19.4 Å². The summed E-state index contributed by atoms with van der Waals surface area (Å²) >= 11 is 0. The van der Waals surface area contributed by atoms with Gasteiger partial charge in [-0.25, -0.2) is 4.99 Å². The Morgan fingerprint density at radius 1 is 1.17 bits per heavy atom. The van der Waals surface area contributed by atoms with Gasteiger partial charge in [0.15, 0.2) is 17.5 Å². The van der Waals surface area contributed by atoms with Gasteiger partial charge in [0, 0.05) is 32.5 Å². The third kappa shape index (κ3) is 6.11. The molecule has 0 fully saturated rings. The number of hydrogen-bond acceptors (Lipinski definition) is 5. The van der Waals surface area contributed by atoms with Crippen molar-refractivity contribution in [2.75, 3.05) is 26.7 Å². The molecule has 2 heterocycles. The molecule has 164 valence electrons.